The van der Waals surface area contributed by atoms with E-state index >= 15 is 0 Å². The van der Waals surface area contributed by atoms with Gasteiger partial charge in [-0.1, -0.05) is 23.8 Å². The SMILES string of the molecule is C1=CC2C(CC1)SC1c3c([nH]c4c3CCC(C3=CCCCC3)C4)CCC12. The monoisotopic (exact) mass is 365 g/mol. The molecule has 1 aliphatic heterocycles. The van der Waals surface area contributed by atoms with Crippen molar-refractivity contribution in [3.05, 3.63) is 46.3 Å². The zero-order valence-corrected chi connectivity index (χ0v) is 16.6. The Morgan fingerprint density at radius 2 is 1.96 bits per heavy atom. The number of nitrogens with one attached hydrogen (secondary N) is 1. The summed E-state index contributed by atoms with van der Waals surface area (Å²) in [5, 5.41) is 1.69. The largest absolute Gasteiger partial charge is 0.362 e. The van der Waals surface area contributed by atoms with Crippen LogP contribution in [0.1, 0.15) is 79.1 Å². The summed E-state index contributed by atoms with van der Waals surface area (Å²) in [5.74, 6) is 2.61. The molecule has 0 saturated carbocycles. The van der Waals surface area contributed by atoms with E-state index in [0.717, 1.165) is 28.3 Å². The van der Waals surface area contributed by atoms with Gasteiger partial charge in [0.05, 0.1) is 0 Å². The van der Waals surface area contributed by atoms with Gasteiger partial charge in [-0.05, 0) is 99.5 Å². The number of thioether (sulfide) groups is 1. The molecule has 0 radical (unpaired) electrons. The number of aryl methyl sites for hydroxylation is 1. The Labute approximate surface area is 162 Å². The number of fused-ring (bicyclic) bond motifs is 7. The van der Waals surface area contributed by atoms with Gasteiger partial charge in [-0.2, -0.15) is 0 Å². The Bertz CT molecular complexity index is 769. The minimum Gasteiger partial charge on any atom is -0.362 e. The van der Waals surface area contributed by atoms with Gasteiger partial charge in [-0.3, -0.25) is 0 Å². The zero-order valence-electron chi connectivity index (χ0n) is 15.8. The molecule has 1 aromatic rings. The van der Waals surface area contributed by atoms with Crippen LogP contribution in [-0.4, -0.2) is 10.2 Å². The summed E-state index contributed by atoms with van der Waals surface area (Å²) in [6.45, 7) is 0. The van der Waals surface area contributed by atoms with Crippen LogP contribution in [0.15, 0.2) is 23.8 Å². The number of hydrogen-bond acceptors (Lipinski definition) is 1. The molecule has 0 aromatic carbocycles. The van der Waals surface area contributed by atoms with Crippen molar-refractivity contribution in [3.8, 4) is 0 Å². The maximum atomic E-state index is 3.96. The quantitative estimate of drug-likeness (QED) is 0.577. The Morgan fingerprint density at radius 1 is 0.962 bits per heavy atom. The third-order valence-corrected chi connectivity index (χ3v) is 9.76. The highest BCUT2D eigenvalue weighted by Crippen LogP contribution is 2.60. The van der Waals surface area contributed by atoms with Gasteiger partial charge in [0.2, 0.25) is 0 Å². The fourth-order valence-electron chi connectivity index (χ4n) is 6.72. The first-order chi connectivity index (χ1) is 12.9. The maximum absolute atomic E-state index is 3.96. The zero-order chi connectivity index (χ0) is 17.1. The topological polar surface area (TPSA) is 15.8 Å². The fourth-order valence-corrected chi connectivity index (χ4v) is 8.79. The second kappa shape index (κ2) is 6.33. The first-order valence-corrected chi connectivity index (χ1v) is 12.1. The average molecular weight is 366 g/mol. The lowest BCUT2D eigenvalue weighted by molar-refractivity contribution is 0.349. The summed E-state index contributed by atoms with van der Waals surface area (Å²) in [6.07, 6.45) is 22.6. The molecule has 138 valence electrons. The van der Waals surface area contributed by atoms with Crippen LogP contribution >= 0.6 is 11.8 Å². The van der Waals surface area contributed by atoms with Crippen molar-refractivity contribution in [1.29, 1.82) is 0 Å². The third-order valence-electron chi connectivity index (χ3n) is 7.98. The van der Waals surface area contributed by atoms with Gasteiger partial charge >= 0.3 is 0 Å². The maximum Gasteiger partial charge on any atom is 0.0355 e. The highest BCUT2D eigenvalue weighted by Gasteiger charge is 2.47. The predicted molar refractivity (Wildman–Crippen MR) is 111 cm³/mol. The highest BCUT2D eigenvalue weighted by molar-refractivity contribution is 8.00. The molecule has 1 N–H and O–H groups in total. The highest BCUT2D eigenvalue weighted by atomic mass is 32.2. The van der Waals surface area contributed by atoms with Gasteiger partial charge in [-0.25, -0.2) is 0 Å². The average Bonchev–Trinajstić information content (AvgIpc) is 3.25. The molecular formula is C24H31NS. The van der Waals surface area contributed by atoms with E-state index < -0.39 is 0 Å². The molecule has 0 spiro atoms. The van der Waals surface area contributed by atoms with Gasteiger partial charge in [-0.15, -0.1) is 11.8 Å². The Kier molecular flexibility index (Phi) is 3.92. The van der Waals surface area contributed by atoms with Crippen molar-refractivity contribution in [2.24, 2.45) is 17.8 Å². The van der Waals surface area contributed by atoms with E-state index in [-0.39, 0.29) is 0 Å². The molecular weight excluding hydrogens is 334 g/mol. The van der Waals surface area contributed by atoms with Crippen LogP contribution in [0.4, 0.5) is 0 Å². The molecule has 1 fully saturated rings. The molecule has 26 heavy (non-hydrogen) atoms. The molecule has 0 bridgehead atoms. The minimum absolute atomic E-state index is 0.793. The van der Waals surface area contributed by atoms with Crippen LogP contribution < -0.4 is 0 Å². The van der Waals surface area contributed by atoms with E-state index in [4.69, 9.17) is 0 Å². The predicted octanol–water partition coefficient (Wildman–Crippen LogP) is 6.31. The van der Waals surface area contributed by atoms with E-state index in [1.54, 1.807) is 28.1 Å². The van der Waals surface area contributed by atoms with Crippen molar-refractivity contribution in [2.75, 3.05) is 0 Å². The molecule has 1 aromatic heterocycles. The fraction of sp³-hybridized carbons (Fsp3) is 0.667. The summed E-state index contributed by atoms with van der Waals surface area (Å²) < 4.78 is 0. The van der Waals surface area contributed by atoms with Gasteiger partial charge in [0, 0.05) is 21.9 Å². The summed E-state index contributed by atoms with van der Waals surface area (Å²) in [7, 11) is 0. The second-order valence-electron chi connectivity index (χ2n) is 9.32. The van der Waals surface area contributed by atoms with Crippen LogP contribution in [0.5, 0.6) is 0 Å². The van der Waals surface area contributed by atoms with Crippen LogP contribution in [0.2, 0.25) is 0 Å². The van der Waals surface area contributed by atoms with Crippen molar-refractivity contribution in [1.82, 2.24) is 4.98 Å². The van der Waals surface area contributed by atoms with Crippen LogP contribution in [0.25, 0.3) is 0 Å². The van der Waals surface area contributed by atoms with E-state index in [9.17, 15) is 0 Å². The molecule has 1 nitrogen and oxygen atoms in total. The molecule has 5 unspecified atom stereocenters. The first-order valence-electron chi connectivity index (χ1n) is 11.1. The van der Waals surface area contributed by atoms with E-state index in [2.05, 4.69) is 35.0 Å². The van der Waals surface area contributed by atoms with E-state index in [1.165, 1.54) is 70.6 Å². The summed E-state index contributed by atoms with van der Waals surface area (Å²) in [6, 6.07) is 0. The van der Waals surface area contributed by atoms with Gasteiger partial charge in [0.1, 0.15) is 0 Å². The Balaban J connectivity index is 1.31. The smallest absolute Gasteiger partial charge is 0.0355 e. The number of rotatable bonds is 1. The van der Waals surface area contributed by atoms with Gasteiger partial charge < -0.3 is 4.98 Å². The van der Waals surface area contributed by atoms with Gasteiger partial charge in [0.25, 0.3) is 0 Å². The van der Waals surface area contributed by atoms with Crippen LogP contribution in [0, 0.1) is 17.8 Å². The third kappa shape index (κ3) is 2.44. The molecule has 1 saturated heterocycles. The van der Waals surface area contributed by atoms with Crippen LogP contribution in [-0.2, 0) is 19.3 Å². The number of aromatic amines is 1. The number of allylic oxidation sites excluding steroid dienone is 4. The minimum atomic E-state index is 0.793. The van der Waals surface area contributed by atoms with Crippen molar-refractivity contribution in [2.45, 2.75) is 81.1 Å². The van der Waals surface area contributed by atoms with E-state index in [1.807, 2.05) is 0 Å². The van der Waals surface area contributed by atoms with Crippen molar-refractivity contribution in [3.63, 3.8) is 0 Å². The number of hydrogen-bond donors (Lipinski definition) is 1. The first kappa shape index (κ1) is 16.1. The molecule has 4 aliphatic carbocycles. The Hall–Kier alpha value is -0.890. The van der Waals surface area contributed by atoms with Gasteiger partial charge in [0.15, 0.2) is 0 Å². The lowest BCUT2D eigenvalue weighted by atomic mass is 9.73. The molecule has 5 aliphatic rings. The lowest BCUT2D eigenvalue weighted by Crippen LogP contribution is -2.24. The second-order valence-corrected chi connectivity index (χ2v) is 10.7. The molecule has 2 heteroatoms. The van der Waals surface area contributed by atoms with Crippen molar-refractivity contribution >= 4 is 11.8 Å². The number of H-pyrrole nitrogens is 1. The Morgan fingerprint density at radius 3 is 2.88 bits per heavy atom. The summed E-state index contributed by atoms with van der Waals surface area (Å²) >= 11 is 2.34. The molecule has 5 atom stereocenters. The van der Waals surface area contributed by atoms with Crippen LogP contribution in [0.3, 0.4) is 0 Å². The number of aromatic nitrogens is 1. The molecule has 6 rings (SSSR count). The lowest BCUT2D eigenvalue weighted by Gasteiger charge is -2.31. The normalized spacial score (nSPS) is 38.2. The molecule has 2 heterocycles. The summed E-state index contributed by atoms with van der Waals surface area (Å²) in [5.41, 5.74) is 8.60. The van der Waals surface area contributed by atoms with E-state index in [0.29, 0.717) is 0 Å². The van der Waals surface area contributed by atoms with Crippen molar-refractivity contribution < 1.29 is 0 Å². The molecule has 0 amide bonds. The summed E-state index contributed by atoms with van der Waals surface area (Å²) in [4.78, 5) is 3.96. The standard InChI is InChI=1S/C24H31NS/c1-2-6-15(7-3-1)16-10-11-19-21(14-16)25-20-13-12-18-17-8-4-5-9-22(17)26-24(18)23(19)20/h4,6,8,16-18,22,24-25H,1-3,5,7,9-14H2.